The lowest BCUT2D eigenvalue weighted by molar-refractivity contribution is -0.118. The molecule has 7 nitrogen and oxygen atoms in total. The highest BCUT2D eigenvalue weighted by atomic mass is 32.1. The van der Waals surface area contributed by atoms with Gasteiger partial charge in [-0.2, -0.15) is 8.78 Å². The van der Waals surface area contributed by atoms with Crippen LogP contribution in [0.15, 0.2) is 48.5 Å². The van der Waals surface area contributed by atoms with Crippen LogP contribution in [0.4, 0.5) is 29.8 Å². The second-order valence-corrected chi connectivity index (χ2v) is 7.33. The van der Waals surface area contributed by atoms with Crippen LogP contribution in [0.2, 0.25) is 0 Å². The maximum Gasteiger partial charge on any atom is 0.387 e. The number of ether oxygens (including phenoxy) is 1. The first kappa shape index (κ1) is 22.1. The molecule has 0 saturated heterocycles. The molecular weight excluding hydrogens is 433 g/mol. The van der Waals surface area contributed by atoms with E-state index in [0.717, 1.165) is 23.5 Å². The van der Waals surface area contributed by atoms with Crippen LogP contribution in [0.3, 0.4) is 0 Å². The molecule has 0 bridgehead atoms. The Kier molecular flexibility index (Phi) is 6.44. The summed E-state index contributed by atoms with van der Waals surface area (Å²) >= 11 is 0.885. The summed E-state index contributed by atoms with van der Waals surface area (Å²) in [6, 6.07) is 10.4. The van der Waals surface area contributed by atoms with Gasteiger partial charge in [-0.25, -0.2) is 9.37 Å². The average Bonchev–Trinajstić information content (AvgIpc) is 3.11. The lowest BCUT2D eigenvalue weighted by Gasteiger charge is -2.27. The van der Waals surface area contributed by atoms with E-state index in [2.05, 4.69) is 9.72 Å². The van der Waals surface area contributed by atoms with Gasteiger partial charge in [0.1, 0.15) is 16.7 Å². The number of anilines is 3. The molecule has 0 radical (unpaired) electrons. The van der Waals surface area contributed by atoms with Crippen molar-refractivity contribution >= 4 is 39.7 Å². The van der Waals surface area contributed by atoms with E-state index in [1.807, 2.05) is 0 Å². The number of carbonyl (C=O) groups is 2. The molecule has 1 aromatic heterocycles. The Labute approximate surface area is 179 Å². The number of nitrogens with two attached hydrogens (primary N) is 2. The van der Waals surface area contributed by atoms with Crippen LogP contribution >= 0.6 is 11.3 Å². The molecule has 1 unspecified atom stereocenters. The largest absolute Gasteiger partial charge is 0.432 e. The number of halogens is 3. The van der Waals surface area contributed by atoms with Crippen molar-refractivity contribution in [3.05, 3.63) is 64.8 Å². The number of hydrogen-bond acceptors (Lipinski definition) is 7. The number of benzene rings is 2. The van der Waals surface area contributed by atoms with Gasteiger partial charge >= 0.3 is 6.61 Å². The molecule has 0 aliphatic heterocycles. The lowest BCUT2D eigenvalue weighted by Crippen LogP contribution is -2.40. The van der Waals surface area contributed by atoms with E-state index in [0.29, 0.717) is 5.56 Å². The molecule has 1 amide bonds. The number of rotatable bonds is 8. The molecule has 3 rings (SSSR count). The Bertz CT molecular complexity index is 1110. The van der Waals surface area contributed by atoms with E-state index in [-0.39, 0.29) is 27.3 Å². The summed E-state index contributed by atoms with van der Waals surface area (Å²) < 4.78 is 43.3. The summed E-state index contributed by atoms with van der Waals surface area (Å²) in [5, 5.41) is 0.0951. The Balaban J connectivity index is 2.07. The highest BCUT2D eigenvalue weighted by Crippen LogP contribution is 2.37. The third kappa shape index (κ3) is 4.77. The predicted octanol–water partition coefficient (Wildman–Crippen LogP) is 3.71. The second kappa shape index (κ2) is 9.04. The van der Waals surface area contributed by atoms with Crippen LogP contribution in [0.25, 0.3) is 0 Å². The SMILES string of the molecule is CC(C(N)=O)N(c1ccc(F)c(OC(F)F)c1)c1nc(N)c(C(=O)c2ccccc2)s1. The summed E-state index contributed by atoms with van der Waals surface area (Å²) in [6.45, 7) is -1.81. The van der Waals surface area contributed by atoms with E-state index >= 15 is 0 Å². The number of carbonyl (C=O) groups excluding carboxylic acids is 2. The second-order valence-electron chi connectivity index (χ2n) is 6.35. The Morgan fingerprint density at radius 1 is 1.16 bits per heavy atom. The van der Waals surface area contributed by atoms with Crippen molar-refractivity contribution in [1.29, 1.82) is 0 Å². The molecular formula is C20H17F3N4O3S. The highest BCUT2D eigenvalue weighted by Gasteiger charge is 2.28. The predicted molar refractivity (Wildman–Crippen MR) is 110 cm³/mol. The standard InChI is InChI=1S/C20H17F3N4O3S/c1-10(18(25)29)27(12-7-8-13(21)14(9-12)30-19(22)23)20-26-17(24)16(31-20)15(28)11-5-3-2-4-6-11/h2-10,19H,24H2,1H3,(H2,25,29). The molecule has 31 heavy (non-hydrogen) atoms. The van der Waals surface area contributed by atoms with Gasteiger partial charge in [0.05, 0.1) is 0 Å². The number of primary amides is 1. The van der Waals surface area contributed by atoms with E-state index in [4.69, 9.17) is 11.5 Å². The Morgan fingerprint density at radius 3 is 2.45 bits per heavy atom. The van der Waals surface area contributed by atoms with Crippen molar-refractivity contribution in [2.75, 3.05) is 10.6 Å². The minimum atomic E-state index is -3.25. The van der Waals surface area contributed by atoms with Crippen LogP contribution in [0, 0.1) is 5.82 Å². The van der Waals surface area contributed by atoms with Crippen molar-refractivity contribution in [1.82, 2.24) is 4.98 Å². The minimum absolute atomic E-state index is 0.0818. The fraction of sp³-hybridized carbons (Fsp3) is 0.150. The number of amides is 1. The molecule has 0 aliphatic carbocycles. The Hall–Kier alpha value is -3.60. The first-order valence-electron chi connectivity index (χ1n) is 8.88. The zero-order valence-electron chi connectivity index (χ0n) is 16.1. The quantitative estimate of drug-likeness (QED) is 0.506. The number of nitrogens with zero attached hydrogens (tertiary/aromatic N) is 2. The number of ketones is 1. The molecule has 3 aromatic rings. The van der Waals surface area contributed by atoms with Gasteiger partial charge in [0, 0.05) is 17.3 Å². The first-order valence-corrected chi connectivity index (χ1v) is 9.69. The topological polar surface area (TPSA) is 112 Å². The molecule has 2 aromatic carbocycles. The maximum absolute atomic E-state index is 13.9. The van der Waals surface area contributed by atoms with E-state index in [9.17, 15) is 22.8 Å². The maximum atomic E-state index is 13.9. The van der Waals surface area contributed by atoms with Crippen LogP contribution < -0.4 is 21.1 Å². The smallest absolute Gasteiger partial charge is 0.387 e. The van der Waals surface area contributed by atoms with Crippen molar-refractivity contribution in [3.63, 3.8) is 0 Å². The summed E-state index contributed by atoms with van der Waals surface area (Å²) in [4.78, 5) is 30.2. The normalized spacial score (nSPS) is 11.9. The van der Waals surface area contributed by atoms with Gasteiger partial charge in [0.15, 0.2) is 16.7 Å². The van der Waals surface area contributed by atoms with Gasteiger partial charge in [-0.3, -0.25) is 9.59 Å². The van der Waals surface area contributed by atoms with Crippen molar-refractivity contribution in [3.8, 4) is 5.75 Å². The molecule has 0 aliphatic rings. The van der Waals surface area contributed by atoms with E-state index in [1.54, 1.807) is 30.3 Å². The van der Waals surface area contributed by atoms with Crippen molar-refractivity contribution in [2.24, 2.45) is 5.73 Å². The molecule has 1 atom stereocenters. The van der Waals surface area contributed by atoms with Gasteiger partial charge in [-0.05, 0) is 19.1 Å². The lowest BCUT2D eigenvalue weighted by atomic mass is 10.1. The summed E-state index contributed by atoms with van der Waals surface area (Å²) in [5.41, 5.74) is 11.8. The molecule has 0 fully saturated rings. The Morgan fingerprint density at radius 2 is 1.84 bits per heavy atom. The molecule has 1 heterocycles. The van der Waals surface area contributed by atoms with Gasteiger partial charge in [0.25, 0.3) is 0 Å². The molecule has 0 saturated carbocycles. The summed E-state index contributed by atoms with van der Waals surface area (Å²) in [6.07, 6.45) is 0. The van der Waals surface area contributed by atoms with E-state index in [1.165, 1.54) is 17.9 Å². The number of alkyl halides is 2. The minimum Gasteiger partial charge on any atom is -0.432 e. The zero-order valence-corrected chi connectivity index (χ0v) is 16.9. The van der Waals surface area contributed by atoms with Gasteiger partial charge in [0.2, 0.25) is 11.7 Å². The van der Waals surface area contributed by atoms with Gasteiger partial charge < -0.3 is 21.1 Å². The number of aromatic nitrogens is 1. The van der Waals surface area contributed by atoms with E-state index < -0.39 is 30.1 Å². The number of nitrogen functional groups attached to an aromatic ring is 1. The fourth-order valence-electron chi connectivity index (χ4n) is 2.76. The van der Waals surface area contributed by atoms with Crippen LogP contribution in [-0.4, -0.2) is 29.3 Å². The first-order chi connectivity index (χ1) is 14.7. The van der Waals surface area contributed by atoms with Crippen LogP contribution in [-0.2, 0) is 4.79 Å². The number of hydrogen-bond donors (Lipinski definition) is 2. The zero-order chi connectivity index (χ0) is 22.7. The molecule has 162 valence electrons. The summed E-state index contributed by atoms with van der Waals surface area (Å²) in [7, 11) is 0. The third-order valence-electron chi connectivity index (χ3n) is 4.30. The van der Waals surface area contributed by atoms with Crippen LogP contribution in [0.1, 0.15) is 22.2 Å². The third-order valence-corrected chi connectivity index (χ3v) is 5.37. The average molecular weight is 450 g/mol. The summed E-state index contributed by atoms with van der Waals surface area (Å²) in [5.74, 6) is -2.98. The molecule has 11 heteroatoms. The van der Waals surface area contributed by atoms with Crippen molar-refractivity contribution in [2.45, 2.75) is 19.6 Å². The molecule has 0 spiro atoms. The monoisotopic (exact) mass is 450 g/mol. The van der Waals surface area contributed by atoms with Crippen molar-refractivity contribution < 1.29 is 27.5 Å². The van der Waals surface area contributed by atoms with Gasteiger partial charge in [-0.15, -0.1) is 0 Å². The molecule has 4 N–H and O–H groups in total. The number of thiazole rings is 1. The highest BCUT2D eigenvalue weighted by molar-refractivity contribution is 7.18. The van der Waals surface area contributed by atoms with Crippen LogP contribution in [0.5, 0.6) is 5.75 Å². The fourth-order valence-corrected chi connectivity index (χ4v) is 3.81. The van der Waals surface area contributed by atoms with Gasteiger partial charge in [-0.1, -0.05) is 41.7 Å².